The fourth-order valence-electron chi connectivity index (χ4n) is 3.45. The van der Waals surface area contributed by atoms with Crippen molar-refractivity contribution in [3.63, 3.8) is 0 Å². The van der Waals surface area contributed by atoms with Crippen LogP contribution in [0.1, 0.15) is 56.9 Å². The molecule has 136 valence electrons. The van der Waals surface area contributed by atoms with Crippen molar-refractivity contribution in [3.05, 3.63) is 58.7 Å². The maximum Gasteiger partial charge on any atom is 0.0407 e. The van der Waals surface area contributed by atoms with Crippen molar-refractivity contribution < 1.29 is 0 Å². The Morgan fingerprint density at radius 2 is 1.08 bits per heavy atom. The van der Waals surface area contributed by atoms with Crippen LogP contribution in [0.2, 0.25) is 0 Å². The number of aryl methyl sites for hydroxylation is 4. The second-order valence-electron chi connectivity index (χ2n) is 6.74. The highest BCUT2D eigenvalue weighted by molar-refractivity contribution is 5.60. The Balaban J connectivity index is 2.11. The Bertz CT molecular complexity index is 631. The van der Waals surface area contributed by atoms with E-state index in [1.807, 2.05) is 0 Å². The van der Waals surface area contributed by atoms with Gasteiger partial charge in [-0.3, -0.25) is 0 Å². The third-order valence-corrected chi connectivity index (χ3v) is 4.97. The SMILES string of the molecule is CCc1cccc(CC)c1NCC(C)Nc1c(CC)cccc1CC. The molecule has 0 aliphatic rings. The summed E-state index contributed by atoms with van der Waals surface area (Å²) >= 11 is 0. The van der Waals surface area contributed by atoms with Gasteiger partial charge in [0.25, 0.3) is 0 Å². The Labute approximate surface area is 154 Å². The molecule has 1 atom stereocenters. The summed E-state index contributed by atoms with van der Waals surface area (Å²) in [6, 6.07) is 13.7. The summed E-state index contributed by atoms with van der Waals surface area (Å²) < 4.78 is 0. The van der Waals surface area contributed by atoms with Gasteiger partial charge in [0.1, 0.15) is 0 Å². The first-order chi connectivity index (χ1) is 12.1. The predicted molar refractivity (Wildman–Crippen MR) is 112 cm³/mol. The van der Waals surface area contributed by atoms with Crippen molar-refractivity contribution >= 4 is 11.4 Å². The summed E-state index contributed by atoms with van der Waals surface area (Å²) in [4.78, 5) is 0. The zero-order chi connectivity index (χ0) is 18.2. The lowest BCUT2D eigenvalue weighted by molar-refractivity contribution is 0.825. The Morgan fingerprint density at radius 3 is 1.48 bits per heavy atom. The summed E-state index contributed by atoms with van der Waals surface area (Å²) in [5, 5.41) is 7.48. The number of para-hydroxylation sites is 2. The number of rotatable bonds is 9. The molecule has 0 saturated carbocycles. The normalized spacial score (nSPS) is 12.0. The van der Waals surface area contributed by atoms with Crippen molar-refractivity contribution in [3.8, 4) is 0 Å². The molecule has 2 heteroatoms. The molecule has 0 aliphatic carbocycles. The molecule has 1 unspecified atom stereocenters. The van der Waals surface area contributed by atoms with Crippen LogP contribution >= 0.6 is 0 Å². The molecule has 2 rings (SSSR count). The van der Waals surface area contributed by atoms with Gasteiger partial charge in [-0.15, -0.1) is 0 Å². The van der Waals surface area contributed by atoms with Gasteiger partial charge < -0.3 is 10.6 Å². The van der Waals surface area contributed by atoms with Crippen LogP contribution in [0.15, 0.2) is 36.4 Å². The van der Waals surface area contributed by atoms with Crippen LogP contribution in [0.3, 0.4) is 0 Å². The minimum absolute atomic E-state index is 0.368. The number of hydrogen-bond donors (Lipinski definition) is 2. The monoisotopic (exact) mass is 338 g/mol. The number of nitrogens with one attached hydrogen (secondary N) is 2. The van der Waals surface area contributed by atoms with Crippen molar-refractivity contribution in [1.82, 2.24) is 0 Å². The van der Waals surface area contributed by atoms with Gasteiger partial charge in [-0.2, -0.15) is 0 Å². The first-order valence-corrected chi connectivity index (χ1v) is 9.86. The average molecular weight is 339 g/mol. The third-order valence-electron chi connectivity index (χ3n) is 4.97. The fraction of sp³-hybridized carbons (Fsp3) is 0.478. The van der Waals surface area contributed by atoms with E-state index in [4.69, 9.17) is 0 Å². The standard InChI is InChI=1S/C23H34N2/c1-6-18-12-10-13-19(7-2)22(18)24-16-17(5)25-23-20(8-3)14-11-15-21(23)9-4/h10-15,17,24-25H,6-9,16H2,1-5H3. The van der Waals surface area contributed by atoms with Crippen molar-refractivity contribution in [1.29, 1.82) is 0 Å². The van der Waals surface area contributed by atoms with E-state index in [-0.39, 0.29) is 0 Å². The molecular formula is C23H34N2. The summed E-state index contributed by atoms with van der Waals surface area (Å²) in [6.45, 7) is 12.1. The molecule has 2 aromatic rings. The largest absolute Gasteiger partial charge is 0.383 e. The number of benzene rings is 2. The molecule has 2 aromatic carbocycles. The second kappa shape index (κ2) is 9.50. The summed E-state index contributed by atoms with van der Waals surface area (Å²) in [5.41, 5.74) is 8.32. The van der Waals surface area contributed by atoms with Crippen LogP contribution < -0.4 is 10.6 Å². The number of hydrogen-bond acceptors (Lipinski definition) is 2. The summed E-state index contributed by atoms with van der Waals surface area (Å²) in [7, 11) is 0. The molecule has 0 bridgehead atoms. The van der Waals surface area contributed by atoms with E-state index >= 15 is 0 Å². The second-order valence-corrected chi connectivity index (χ2v) is 6.74. The van der Waals surface area contributed by atoms with Crippen LogP contribution in [0.4, 0.5) is 11.4 Å². The Morgan fingerprint density at radius 1 is 0.680 bits per heavy atom. The third kappa shape index (κ3) is 4.78. The van der Waals surface area contributed by atoms with E-state index in [1.165, 1.54) is 33.6 Å². The molecule has 0 fully saturated rings. The minimum Gasteiger partial charge on any atom is -0.383 e. The van der Waals surface area contributed by atoms with Gasteiger partial charge in [-0.05, 0) is 54.9 Å². The molecule has 0 spiro atoms. The van der Waals surface area contributed by atoms with E-state index in [2.05, 4.69) is 81.7 Å². The van der Waals surface area contributed by atoms with Gasteiger partial charge in [0.15, 0.2) is 0 Å². The number of anilines is 2. The lowest BCUT2D eigenvalue weighted by Gasteiger charge is -2.23. The van der Waals surface area contributed by atoms with E-state index in [0.29, 0.717) is 6.04 Å². The van der Waals surface area contributed by atoms with E-state index in [1.54, 1.807) is 0 Å². The molecule has 25 heavy (non-hydrogen) atoms. The molecule has 0 amide bonds. The van der Waals surface area contributed by atoms with Gasteiger partial charge >= 0.3 is 0 Å². The fourth-order valence-corrected chi connectivity index (χ4v) is 3.45. The molecular weight excluding hydrogens is 304 g/mol. The molecule has 0 aromatic heterocycles. The molecule has 2 nitrogen and oxygen atoms in total. The quantitative estimate of drug-likeness (QED) is 0.599. The lowest BCUT2D eigenvalue weighted by Crippen LogP contribution is -2.26. The Hall–Kier alpha value is -1.96. The summed E-state index contributed by atoms with van der Waals surface area (Å²) in [5.74, 6) is 0. The van der Waals surface area contributed by atoms with Crippen LogP contribution in [0, 0.1) is 0 Å². The van der Waals surface area contributed by atoms with Crippen LogP contribution in [0.25, 0.3) is 0 Å². The molecule has 0 saturated heterocycles. The molecule has 2 N–H and O–H groups in total. The van der Waals surface area contributed by atoms with Crippen molar-refractivity contribution in [2.45, 2.75) is 66.3 Å². The topological polar surface area (TPSA) is 24.1 Å². The van der Waals surface area contributed by atoms with Gasteiger partial charge in [-0.25, -0.2) is 0 Å². The van der Waals surface area contributed by atoms with Crippen LogP contribution in [0.5, 0.6) is 0 Å². The van der Waals surface area contributed by atoms with Crippen molar-refractivity contribution in [2.75, 3.05) is 17.2 Å². The first kappa shape index (κ1) is 19.4. The molecule has 0 radical (unpaired) electrons. The maximum atomic E-state index is 3.76. The smallest absolute Gasteiger partial charge is 0.0407 e. The Kier molecular flexibility index (Phi) is 7.36. The predicted octanol–water partition coefficient (Wildman–Crippen LogP) is 5.85. The lowest BCUT2D eigenvalue weighted by atomic mass is 10.0. The van der Waals surface area contributed by atoms with Gasteiger partial charge in [0.2, 0.25) is 0 Å². The summed E-state index contributed by atoms with van der Waals surface area (Å²) in [6.07, 6.45) is 4.26. The molecule has 0 aliphatic heterocycles. The molecule has 0 heterocycles. The zero-order valence-corrected chi connectivity index (χ0v) is 16.6. The van der Waals surface area contributed by atoms with E-state index in [9.17, 15) is 0 Å². The maximum absolute atomic E-state index is 3.76. The van der Waals surface area contributed by atoms with Crippen LogP contribution in [-0.2, 0) is 25.7 Å². The van der Waals surface area contributed by atoms with E-state index < -0.39 is 0 Å². The first-order valence-electron chi connectivity index (χ1n) is 9.86. The minimum atomic E-state index is 0.368. The van der Waals surface area contributed by atoms with Gasteiger partial charge in [0.05, 0.1) is 0 Å². The van der Waals surface area contributed by atoms with Crippen molar-refractivity contribution in [2.24, 2.45) is 0 Å². The highest BCUT2D eigenvalue weighted by Gasteiger charge is 2.11. The van der Waals surface area contributed by atoms with Gasteiger partial charge in [-0.1, -0.05) is 64.1 Å². The highest BCUT2D eigenvalue weighted by atomic mass is 15.0. The highest BCUT2D eigenvalue weighted by Crippen LogP contribution is 2.25. The van der Waals surface area contributed by atoms with Crippen LogP contribution in [-0.4, -0.2) is 12.6 Å². The zero-order valence-electron chi connectivity index (χ0n) is 16.6. The average Bonchev–Trinajstić information content (AvgIpc) is 2.65. The van der Waals surface area contributed by atoms with Gasteiger partial charge in [0, 0.05) is 24.0 Å². The van der Waals surface area contributed by atoms with E-state index in [0.717, 1.165) is 32.2 Å².